The van der Waals surface area contributed by atoms with E-state index in [-0.39, 0.29) is 11.9 Å². The zero-order valence-corrected chi connectivity index (χ0v) is 24.2. The van der Waals surface area contributed by atoms with Crippen LogP contribution in [0.1, 0.15) is 54.2 Å². The van der Waals surface area contributed by atoms with Gasteiger partial charge in [0.2, 0.25) is 0 Å². The summed E-state index contributed by atoms with van der Waals surface area (Å²) in [5.41, 5.74) is 2.21. The van der Waals surface area contributed by atoms with Crippen molar-refractivity contribution in [1.82, 2.24) is 19.5 Å². The second-order valence-corrected chi connectivity index (χ2v) is 13.1. The number of hydrogen-bond acceptors (Lipinski definition) is 8. The molecule has 0 radical (unpaired) electrons. The molecule has 3 fully saturated rings. The lowest BCUT2D eigenvalue weighted by molar-refractivity contribution is 0.0678. The number of halogens is 1. The number of nitrogens with one attached hydrogen (secondary N) is 2. The first-order valence-corrected chi connectivity index (χ1v) is 16.2. The van der Waals surface area contributed by atoms with Gasteiger partial charge in [-0.3, -0.25) is 9.52 Å². The average molecular weight is 587 g/mol. The Kier molecular flexibility index (Phi) is 7.49. The summed E-state index contributed by atoms with van der Waals surface area (Å²) in [5, 5.41) is 5.47. The summed E-state index contributed by atoms with van der Waals surface area (Å²) in [4.78, 5) is 25.5. The van der Waals surface area contributed by atoms with E-state index >= 15 is 0 Å². The van der Waals surface area contributed by atoms with E-state index in [0.29, 0.717) is 36.0 Å². The van der Waals surface area contributed by atoms with Crippen molar-refractivity contribution in [3.8, 4) is 0 Å². The highest BCUT2D eigenvalue weighted by atomic mass is 35.5. The Bertz CT molecular complexity index is 1520. The summed E-state index contributed by atoms with van der Waals surface area (Å²) in [6.07, 6.45) is 6.08. The van der Waals surface area contributed by atoms with Gasteiger partial charge in [0, 0.05) is 56.1 Å². The molecule has 11 nitrogen and oxygen atoms in total. The summed E-state index contributed by atoms with van der Waals surface area (Å²) < 4.78 is 30.3. The minimum Gasteiger partial charge on any atom is -0.378 e. The highest BCUT2D eigenvalue weighted by Gasteiger charge is 2.32. The molecule has 1 aromatic carbocycles. The molecule has 3 aliphatic heterocycles. The Hall–Kier alpha value is -3.09. The number of carbonyl (C=O) groups excluding carboxylic acids is 1. The van der Waals surface area contributed by atoms with Gasteiger partial charge in [-0.25, -0.2) is 14.0 Å². The van der Waals surface area contributed by atoms with Crippen molar-refractivity contribution in [3.05, 3.63) is 46.6 Å². The van der Waals surface area contributed by atoms with Crippen LogP contribution in [-0.2, 0) is 14.7 Å². The summed E-state index contributed by atoms with van der Waals surface area (Å²) >= 11 is 6.30. The van der Waals surface area contributed by atoms with E-state index in [1.54, 1.807) is 18.2 Å². The third-order valence-corrected chi connectivity index (χ3v) is 8.65. The first kappa shape index (κ1) is 27.1. The lowest BCUT2D eigenvalue weighted by atomic mass is 10.0. The second-order valence-electron chi connectivity index (χ2n) is 10.8. The number of rotatable bonds is 6. The van der Waals surface area contributed by atoms with Crippen LogP contribution in [-0.4, -0.2) is 81.8 Å². The van der Waals surface area contributed by atoms with E-state index in [2.05, 4.69) is 20.6 Å². The zero-order valence-electron chi connectivity index (χ0n) is 22.6. The SMILES string of the molecule is CS(=N)(=O)Nc1ccc(Cl)cc1C(=O)N1CCCCCC1c1cc2nc(N3CCC3)cc(N3CCOCC3)n2n1. The molecule has 5 heterocycles. The molecular weight excluding hydrogens is 552 g/mol. The number of ether oxygens (including phenoxy) is 1. The highest BCUT2D eigenvalue weighted by molar-refractivity contribution is 7.93. The first-order valence-electron chi connectivity index (χ1n) is 13.9. The second kappa shape index (κ2) is 11.1. The van der Waals surface area contributed by atoms with Crippen LogP contribution in [0.2, 0.25) is 5.02 Å². The van der Waals surface area contributed by atoms with Crippen LogP contribution in [0.5, 0.6) is 0 Å². The van der Waals surface area contributed by atoms with Crippen LogP contribution in [0.15, 0.2) is 30.3 Å². The standard InChI is InChI=1S/C27H35ClN8O3S/c1-40(29,38)32-21-8-7-19(28)16-20(21)27(37)35-11-4-2-3-6-23(35)22-17-25-30-24(33-9-5-10-33)18-26(36(25)31-22)34-12-14-39-15-13-34/h7-8,16-18,23H,2-6,9-15H2,1H3,(H2,29,32,38). The molecule has 0 aliphatic carbocycles. The molecule has 2 aromatic heterocycles. The van der Waals surface area contributed by atoms with Crippen molar-refractivity contribution in [2.45, 2.75) is 38.1 Å². The molecule has 6 rings (SSSR count). The summed E-state index contributed by atoms with van der Waals surface area (Å²) in [6, 6.07) is 8.71. The number of likely N-dealkylation sites (tertiary alicyclic amines) is 1. The molecule has 2 N–H and O–H groups in total. The van der Waals surface area contributed by atoms with Gasteiger partial charge < -0.3 is 19.4 Å². The molecule has 214 valence electrons. The number of hydrogen-bond donors (Lipinski definition) is 2. The van der Waals surface area contributed by atoms with Crippen LogP contribution in [0, 0.1) is 4.78 Å². The number of aromatic nitrogens is 3. The van der Waals surface area contributed by atoms with Gasteiger partial charge in [0.25, 0.3) is 5.91 Å². The Morgan fingerprint density at radius 2 is 1.85 bits per heavy atom. The van der Waals surface area contributed by atoms with E-state index in [4.69, 9.17) is 31.2 Å². The summed E-state index contributed by atoms with van der Waals surface area (Å²) in [6.45, 7) is 5.45. The predicted octanol–water partition coefficient (Wildman–Crippen LogP) is 4.19. The van der Waals surface area contributed by atoms with Crippen molar-refractivity contribution in [1.29, 1.82) is 4.78 Å². The molecule has 3 aliphatic rings. The molecule has 40 heavy (non-hydrogen) atoms. The first-order chi connectivity index (χ1) is 19.3. The molecule has 0 saturated carbocycles. The lowest BCUT2D eigenvalue weighted by Crippen LogP contribution is -2.40. The molecular formula is C27H35ClN8O3S. The number of carbonyl (C=O) groups is 1. The van der Waals surface area contributed by atoms with Crippen LogP contribution in [0.25, 0.3) is 5.65 Å². The molecule has 2 atom stereocenters. The maximum absolute atomic E-state index is 14.1. The van der Waals surface area contributed by atoms with Crippen molar-refractivity contribution >= 4 is 50.4 Å². The predicted molar refractivity (Wildman–Crippen MR) is 157 cm³/mol. The third kappa shape index (κ3) is 5.57. The van der Waals surface area contributed by atoms with Gasteiger partial charge in [-0.15, -0.1) is 0 Å². The third-order valence-electron chi connectivity index (χ3n) is 7.80. The normalized spacial score (nSPS) is 21.6. The molecule has 0 bridgehead atoms. The molecule has 3 saturated heterocycles. The number of anilines is 3. The highest BCUT2D eigenvalue weighted by Crippen LogP contribution is 2.35. The van der Waals surface area contributed by atoms with Gasteiger partial charge in [-0.2, -0.15) is 9.61 Å². The van der Waals surface area contributed by atoms with Gasteiger partial charge in [0.1, 0.15) is 21.6 Å². The fourth-order valence-corrected chi connectivity index (χ4v) is 6.43. The van der Waals surface area contributed by atoms with E-state index < -0.39 is 9.92 Å². The van der Waals surface area contributed by atoms with Crippen molar-refractivity contribution in [2.75, 3.05) is 66.7 Å². The fourth-order valence-electron chi connectivity index (χ4n) is 5.66. The smallest absolute Gasteiger partial charge is 0.256 e. The van der Waals surface area contributed by atoms with Gasteiger partial charge in [0.05, 0.1) is 36.2 Å². The average Bonchev–Trinajstić information content (AvgIpc) is 3.16. The van der Waals surface area contributed by atoms with Crippen molar-refractivity contribution in [3.63, 3.8) is 0 Å². The van der Waals surface area contributed by atoms with Gasteiger partial charge in [-0.05, 0) is 37.5 Å². The fraction of sp³-hybridized carbons (Fsp3) is 0.519. The summed E-state index contributed by atoms with van der Waals surface area (Å²) in [7, 11) is -3.10. The lowest BCUT2D eigenvalue weighted by Gasteiger charge is -2.34. The van der Waals surface area contributed by atoms with Gasteiger partial charge in [0.15, 0.2) is 5.65 Å². The summed E-state index contributed by atoms with van der Waals surface area (Å²) in [5.74, 6) is 1.72. The van der Waals surface area contributed by atoms with E-state index in [1.807, 2.05) is 15.5 Å². The number of nitrogens with zero attached hydrogens (tertiary/aromatic N) is 6. The monoisotopic (exact) mass is 586 g/mol. The van der Waals surface area contributed by atoms with Crippen LogP contribution >= 0.6 is 11.6 Å². The molecule has 13 heteroatoms. The van der Waals surface area contributed by atoms with Crippen molar-refractivity contribution < 1.29 is 13.7 Å². The van der Waals surface area contributed by atoms with Crippen LogP contribution in [0.3, 0.4) is 0 Å². The number of fused-ring (bicyclic) bond motifs is 1. The Balaban J connectivity index is 1.40. The molecule has 0 spiro atoms. The van der Waals surface area contributed by atoms with E-state index in [1.165, 1.54) is 6.26 Å². The minimum absolute atomic E-state index is 0.222. The van der Waals surface area contributed by atoms with Crippen LogP contribution in [0.4, 0.5) is 17.3 Å². The van der Waals surface area contributed by atoms with E-state index in [0.717, 1.165) is 81.3 Å². The van der Waals surface area contributed by atoms with Gasteiger partial charge >= 0.3 is 0 Å². The Labute approximate surface area is 239 Å². The molecule has 1 amide bonds. The van der Waals surface area contributed by atoms with Gasteiger partial charge in [-0.1, -0.05) is 24.4 Å². The maximum Gasteiger partial charge on any atom is 0.256 e. The topological polar surface area (TPSA) is 119 Å². The van der Waals surface area contributed by atoms with Crippen LogP contribution < -0.4 is 14.5 Å². The zero-order chi connectivity index (χ0) is 27.9. The number of morpholine rings is 1. The largest absolute Gasteiger partial charge is 0.378 e. The number of amides is 1. The Morgan fingerprint density at radius 1 is 1.05 bits per heavy atom. The molecule has 3 aromatic rings. The van der Waals surface area contributed by atoms with E-state index in [9.17, 15) is 9.00 Å². The van der Waals surface area contributed by atoms with Crippen molar-refractivity contribution in [2.24, 2.45) is 0 Å². The minimum atomic E-state index is -3.10. The maximum atomic E-state index is 14.1. The number of benzene rings is 1. The quantitative estimate of drug-likeness (QED) is 0.444. The Morgan fingerprint density at radius 3 is 2.58 bits per heavy atom. The molecule has 2 unspecified atom stereocenters.